The van der Waals surface area contributed by atoms with Crippen molar-refractivity contribution in [1.29, 1.82) is 0 Å². The van der Waals surface area contributed by atoms with Crippen molar-refractivity contribution < 1.29 is 33.2 Å². The van der Waals surface area contributed by atoms with Gasteiger partial charge in [0.05, 0.1) is 25.9 Å². The van der Waals surface area contributed by atoms with E-state index < -0.39 is 35.3 Å². The lowest BCUT2D eigenvalue weighted by atomic mass is 9.82. The molecule has 153 valence electrons. The first-order valence-electron chi connectivity index (χ1n) is 8.80. The van der Waals surface area contributed by atoms with E-state index in [-0.39, 0.29) is 18.6 Å². The molecule has 1 aromatic rings. The SMILES string of the molecule is COC(=O)NC[C@H]1CN(c2ccc([B]OC(C)(C)C(C)(C)[OH2+])c(F)c2)C(=O)O1. The average molecular weight is 396 g/mol. The lowest BCUT2D eigenvalue weighted by Crippen LogP contribution is -2.49. The van der Waals surface area contributed by atoms with Gasteiger partial charge in [0.1, 0.15) is 17.5 Å². The summed E-state index contributed by atoms with van der Waals surface area (Å²) in [5, 5.41) is 10.5. The van der Waals surface area contributed by atoms with Crippen molar-refractivity contribution >= 4 is 30.8 Å². The number of halogens is 1. The van der Waals surface area contributed by atoms with Crippen LogP contribution in [-0.4, -0.2) is 62.3 Å². The zero-order valence-corrected chi connectivity index (χ0v) is 16.7. The van der Waals surface area contributed by atoms with Gasteiger partial charge in [-0.3, -0.25) is 4.90 Å². The Morgan fingerprint density at radius 3 is 2.68 bits per heavy atom. The predicted molar refractivity (Wildman–Crippen MR) is 103 cm³/mol. The van der Waals surface area contributed by atoms with Crippen LogP contribution in [-0.2, 0) is 14.1 Å². The minimum Gasteiger partial charge on any atom is -0.453 e. The van der Waals surface area contributed by atoms with Crippen molar-refractivity contribution in [2.24, 2.45) is 0 Å². The van der Waals surface area contributed by atoms with Gasteiger partial charge < -0.3 is 24.6 Å². The third-order valence-corrected chi connectivity index (χ3v) is 4.81. The summed E-state index contributed by atoms with van der Waals surface area (Å²) < 4.78 is 29.7. The van der Waals surface area contributed by atoms with Gasteiger partial charge in [-0.1, -0.05) is 6.07 Å². The lowest BCUT2D eigenvalue weighted by molar-refractivity contribution is -0.0893. The number of amides is 2. The normalized spacial score (nSPS) is 17.3. The fraction of sp³-hybridized carbons (Fsp3) is 0.556. The van der Waals surface area contributed by atoms with Crippen LogP contribution in [0.5, 0.6) is 0 Å². The average Bonchev–Trinajstić information content (AvgIpc) is 2.98. The standard InChI is InChI=1S/C18H25BFN2O6/c1-17(2,25)18(3,4)28-19-13-7-6-11(8-14(13)20)22-10-12(27-16(22)24)9-21-15(23)26-5/h6-8,12,25H,9-10H2,1-5H3,(H,21,23)/p+1/t12-/m0/s1. The number of hydrogen-bond acceptors (Lipinski definition) is 5. The molecule has 1 saturated heterocycles. The molecule has 0 aromatic heterocycles. The van der Waals surface area contributed by atoms with E-state index in [1.54, 1.807) is 33.8 Å². The number of ether oxygens (including phenoxy) is 2. The van der Waals surface area contributed by atoms with E-state index in [9.17, 15) is 14.0 Å². The van der Waals surface area contributed by atoms with E-state index in [2.05, 4.69) is 10.1 Å². The van der Waals surface area contributed by atoms with E-state index in [1.807, 2.05) is 0 Å². The first-order valence-corrected chi connectivity index (χ1v) is 8.80. The topological polar surface area (TPSA) is 100 Å². The summed E-state index contributed by atoms with van der Waals surface area (Å²) in [7, 11) is 2.51. The van der Waals surface area contributed by atoms with Crippen LogP contribution in [0.2, 0.25) is 0 Å². The minimum absolute atomic E-state index is 0.0924. The van der Waals surface area contributed by atoms with Crippen molar-refractivity contribution in [3.05, 3.63) is 24.0 Å². The van der Waals surface area contributed by atoms with Gasteiger partial charge in [-0.25, -0.2) is 14.0 Å². The molecule has 2 rings (SSSR count). The van der Waals surface area contributed by atoms with Crippen LogP contribution in [0.1, 0.15) is 27.7 Å². The molecule has 0 saturated carbocycles. The predicted octanol–water partition coefficient (Wildman–Crippen LogP) is 1.05. The summed E-state index contributed by atoms with van der Waals surface area (Å²) in [4.78, 5) is 24.4. The number of anilines is 1. The Morgan fingerprint density at radius 1 is 1.43 bits per heavy atom. The number of cyclic esters (lactones) is 1. The molecule has 1 aliphatic rings. The zero-order chi connectivity index (χ0) is 21.1. The number of nitrogens with zero attached hydrogens (tertiary/aromatic N) is 1. The molecule has 0 spiro atoms. The van der Waals surface area contributed by atoms with E-state index in [0.29, 0.717) is 5.69 Å². The Bertz CT molecular complexity index is 737. The van der Waals surface area contributed by atoms with Crippen LogP contribution in [0.3, 0.4) is 0 Å². The first-order chi connectivity index (χ1) is 12.9. The number of carbonyl (C=O) groups is 2. The molecule has 8 nitrogen and oxygen atoms in total. The zero-order valence-electron chi connectivity index (χ0n) is 16.7. The maximum absolute atomic E-state index is 14.5. The molecule has 28 heavy (non-hydrogen) atoms. The number of carbonyl (C=O) groups excluding carboxylic acids is 2. The van der Waals surface area contributed by atoms with Gasteiger partial charge in [0, 0.05) is 13.8 Å². The lowest BCUT2D eigenvalue weighted by Gasteiger charge is -2.33. The summed E-state index contributed by atoms with van der Waals surface area (Å²) in [5.74, 6) is -0.569. The van der Waals surface area contributed by atoms with Crippen LogP contribution in [0.15, 0.2) is 18.2 Å². The first kappa shape index (κ1) is 22.0. The molecular formula is C18H26BFN2O6+. The second kappa shape index (κ2) is 8.36. The number of methoxy groups -OCH3 is 1. The fourth-order valence-corrected chi connectivity index (χ4v) is 2.25. The molecule has 1 aliphatic heterocycles. The Morgan fingerprint density at radius 2 is 2.11 bits per heavy atom. The van der Waals surface area contributed by atoms with E-state index >= 15 is 0 Å². The van der Waals surface area contributed by atoms with Gasteiger partial charge in [0.15, 0.2) is 5.60 Å². The highest BCUT2D eigenvalue weighted by molar-refractivity contribution is 6.47. The third kappa shape index (κ3) is 5.14. The summed E-state index contributed by atoms with van der Waals surface area (Å²) in [6.45, 7) is 7.20. The van der Waals surface area contributed by atoms with E-state index in [1.165, 1.54) is 31.6 Å². The smallest absolute Gasteiger partial charge is 0.414 e. The highest BCUT2D eigenvalue weighted by atomic mass is 19.1. The molecule has 1 radical (unpaired) electrons. The number of nitrogens with one attached hydrogen (secondary N) is 1. The largest absolute Gasteiger partial charge is 0.453 e. The number of hydrogen-bond donors (Lipinski definition) is 1. The molecule has 10 heteroatoms. The molecule has 1 aromatic carbocycles. The summed E-state index contributed by atoms with van der Waals surface area (Å²) in [6, 6.07) is 4.28. The summed E-state index contributed by atoms with van der Waals surface area (Å²) in [5.41, 5.74) is -1.17. The second-order valence-corrected chi connectivity index (χ2v) is 7.57. The number of rotatable bonds is 7. The molecule has 1 atom stereocenters. The molecule has 1 heterocycles. The molecular weight excluding hydrogens is 370 g/mol. The number of alkyl carbamates (subject to hydrolysis) is 1. The monoisotopic (exact) mass is 396 g/mol. The van der Waals surface area contributed by atoms with Gasteiger partial charge in [-0.05, 0) is 31.4 Å². The quantitative estimate of drug-likeness (QED) is 0.549. The van der Waals surface area contributed by atoms with Crippen LogP contribution < -0.4 is 15.7 Å². The Kier molecular flexibility index (Phi) is 6.56. The molecule has 3 N–H and O–H groups in total. The Labute approximate surface area is 164 Å². The van der Waals surface area contributed by atoms with Crippen molar-refractivity contribution in [3.8, 4) is 0 Å². The third-order valence-electron chi connectivity index (χ3n) is 4.81. The van der Waals surface area contributed by atoms with Crippen LogP contribution in [0.25, 0.3) is 0 Å². The highest BCUT2D eigenvalue weighted by Gasteiger charge is 2.40. The van der Waals surface area contributed by atoms with Crippen molar-refractivity contribution in [3.63, 3.8) is 0 Å². The van der Waals surface area contributed by atoms with Gasteiger partial charge in [-0.15, -0.1) is 0 Å². The van der Waals surface area contributed by atoms with Gasteiger partial charge in [0.2, 0.25) is 0 Å². The van der Waals surface area contributed by atoms with E-state index in [4.69, 9.17) is 14.5 Å². The second-order valence-electron chi connectivity index (χ2n) is 7.57. The summed E-state index contributed by atoms with van der Waals surface area (Å²) in [6.07, 6.45) is -1.82. The van der Waals surface area contributed by atoms with Gasteiger partial charge in [0.25, 0.3) is 0 Å². The Hall–Kier alpha value is -2.33. The highest BCUT2D eigenvalue weighted by Crippen LogP contribution is 2.25. The minimum atomic E-state index is -0.882. The molecule has 0 aliphatic carbocycles. The fourth-order valence-electron chi connectivity index (χ4n) is 2.25. The summed E-state index contributed by atoms with van der Waals surface area (Å²) >= 11 is 0. The van der Waals surface area contributed by atoms with Crippen molar-refractivity contribution in [1.82, 2.24) is 5.32 Å². The molecule has 0 unspecified atom stereocenters. The molecule has 1 fully saturated rings. The maximum atomic E-state index is 14.5. The molecule has 2 amide bonds. The van der Waals surface area contributed by atoms with Gasteiger partial charge >= 0.3 is 19.7 Å². The number of benzene rings is 1. The Balaban J connectivity index is 2.02. The van der Waals surface area contributed by atoms with Crippen LogP contribution in [0.4, 0.5) is 19.7 Å². The van der Waals surface area contributed by atoms with E-state index in [0.717, 1.165) is 0 Å². The maximum Gasteiger partial charge on any atom is 0.414 e. The van der Waals surface area contributed by atoms with Crippen molar-refractivity contribution in [2.45, 2.75) is 45.0 Å². The van der Waals surface area contributed by atoms with Crippen LogP contribution >= 0.6 is 0 Å². The van der Waals surface area contributed by atoms with Gasteiger partial charge in [-0.2, -0.15) is 0 Å². The van der Waals surface area contributed by atoms with Crippen molar-refractivity contribution in [2.75, 3.05) is 25.1 Å². The van der Waals surface area contributed by atoms with Crippen LogP contribution in [0, 0.1) is 5.82 Å². The molecule has 0 bridgehead atoms.